The molecule has 1 aliphatic rings. The molecule has 0 bridgehead atoms. The summed E-state index contributed by atoms with van der Waals surface area (Å²) in [6, 6.07) is 14.3. The summed E-state index contributed by atoms with van der Waals surface area (Å²) in [7, 11) is 0. The van der Waals surface area contributed by atoms with Gasteiger partial charge in [0.15, 0.2) is 0 Å². The zero-order valence-electron chi connectivity index (χ0n) is 18.3. The van der Waals surface area contributed by atoms with Crippen LogP contribution < -0.4 is 15.5 Å². The third-order valence-electron chi connectivity index (χ3n) is 5.74. The van der Waals surface area contributed by atoms with E-state index in [0.29, 0.717) is 17.7 Å². The van der Waals surface area contributed by atoms with E-state index in [9.17, 15) is 9.59 Å². The van der Waals surface area contributed by atoms with Crippen LogP contribution in [0, 0.1) is 0 Å². The molecule has 0 saturated heterocycles. The van der Waals surface area contributed by atoms with E-state index >= 15 is 0 Å². The van der Waals surface area contributed by atoms with E-state index in [4.69, 9.17) is 0 Å². The van der Waals surface area contributed by atoms with Gasteiger partial charge in [-0.2, -0.15) is 0 Å². The van der Waals surface area contributed by atoms with Crippen LogP contribution in [0.4, 0.5) is 11.4 Å². The van der Waals surface area contributed by atoms with Crippen LogP contribution in [-0.4, -0.2) is 24.4 Å². The number of anilines is 2. The van der Waals surface area contributed by atoms with Gasteiger partial charge in [0, 0.05) is 36.9 Å². The molecule has 0 spiro atoms. The van der Waals surface area contributed by atoms with Crippen LogP contribution in [0.2, 0.25) is 0 Å². The number of nitrogens with one attached hydrogen (secondary N) is 2. The maximum atomic E-state index is 13.1. The van der Waals surface area contributed by atoms with Gasteiger partial charge in [-0.25, -0.2) is 0 Å². The van der Waals surface area contributed by atoms with Crippen molar-refractivity contribution in [1.29, 1.82) is 0 Å². The number of benzene rings is 2. The molecule has 0 unspecified atom stereocenters. The molecule has 160 valence electrons. The number of carbonyl (C=O) groups is 2. The Morgan fingerprint density at radius 2 is 1.87 bits per heavy atom. The Bertz CT molecular complexity index is 894. The van der Waals surface area contributed by atoms with E-state index in [0.717, 1.165) is 44.5 Å². The summed E-state index contributed by atoms with van der Waals surface area (Å²) in [4.78, 5) is 27.5. The van der Waals surface area contributed by atoms with Gasteiger partial charge in [0.2, 0.25) is 5.91 Å². The Hall–Kier alpha value is -2.82. The highest BCUT2D eigenvalue weighted by Crippen LogP contribution is 2.30. The molecule has 2 aromatic carbocycles. The van der Waals surface area contributed by atoms with Crippen LogP contribution in [0.1, 0.15) is 67.9 Å². The Morgan fingerprint density at radius 1 is 1.10 bits per heavy atom. The summed E-state index contributed by atoms with van der Waals surface area (Å²) in [6.07, 6.45) is 4.16. The lowest BCUT2D eigenvalue weighted by Gasteiger charge is -2.32. The van der Waals surface area contributed by atoms with E-state index in [-0.39, 0.29) is 17.9 Å². The lowest BCUT2D eigenvalue weighted by atomic mass is 9.98. The normalized spacial score (nSPS) is 14.0. The standard InChI is InChI=1S/C25H33N3O2/c1-4-6-11-24(29)27-21-12-13-23(22(16-21)25(30)26-18(3)5-2)28-15-14-19-9-7-8-10-20(19)17-28/h7-10,12-13,16,18H,4-6,11,14-15,17H2,1-3H3,(H,26,30)(H,27,29)/t18-/m1/s1. The molecular weight excluding hydrogens is 374 g/mol. The second kappa shape index (κ2) is 10.3. The third-order valence-corrected chi connectivity index (χ3v) is 5.74. The van der Waals surface area contributed by atoms with Gasteiger partial charge in [-0.3, -0.25) is 9.59 Å². The third kappa shape index (κ3) is 5.41. The SMILES string of the molecule is CCCCC(=O)Nc1ccc(N2CCc3ccccc3C2)c(C(=O)N[C@H](C)CC)c1. The molecule has 0 fully saturated rings. The topological polar surface area (TPSA) is 61.4 Å². The molecule has 1 heterocycles. The predicted molar refractivity (Wildman–Crippen MR) is 123 cm³/mol. The summed E-state index contributed by atoms with van der Waals surface area (Å²) in [5, 5.41) is 6.03. The molecule has 1 aliphatic heterocycles. The maximum absolute atomic E-state index is 13.1. The van der Waals surface area contributed by atoms with Crippen LogP contribution in [0.25, 0.3) is 0 Å². The van der Waals surface area contributed by atoms with Crippen molar-refractivity contribution >= 4 is 23.2 Å². The Labute approximate surface area is 179 Å². The molecule has 0 radical (unpaired) electrons. The summed E-state index contributed by atoms with van der Waals surface area (Å²) in [6.45, 7) is 7.77. The van der Waals surface area contributed by atoms with Crippen LogP contribution in [0.3, 0.4) is 0 Å². The van der Waals surface area contributed by atoms with Gasteiger partial charge in [0.25, 0.3) is 5.91 Å². The first kappa shape index (κ1) is 21.9. The van der Waals surface area contributed by atoms with Crippen LogP contribution >= 0.6 is 0 Å². The number of unbranched alkanes of at least 4 members (excludes halogenated alkanes) is 1. The highest BCUT2D eigenvalue weighted by Gasteiger charge is 2.22. The van der Waals surface area contributed by atoms with Crippen molar-refractivity contribution in [3.8, 4) is 0 Å². The zero-order valence-corrected chi connectivity index (χ0v) is 18.3. The van der Waals surface area contributed by atoms with Crippen LogP contribution in [0.5, 0.6) is 0 Å². The van der Waals surface area contributed by atoms with Crippen molar-refractivity contribution in [3.63, 3.8) is 0 Å². The molecule has 0 saturated carbocycles. The first-order valence-electron chi connectivity index (χ1n) is 11.1. The molecule has 5 heteroatoms. The van der Waals surface area contributed by atoms with Gasteiger partial charge in [0.05, 0.1) is 5.56 Å². The van der Waals surface area contributed by atoms with Crippen molar-refractivity contribution in [2.75, 3.05) is 16.8 Å². The highest BCUT2D eigenvalue weighted by atomic mass is 16.2. The monoisotopic (exact) mass is 407 g/mol. The molecule has 0 aromatic heterocycles. The number of hydrogen-bond acceptors (Lipinski definition) is 3. The average molecular weight is 408 g/mol. The molecule has 0 aliphatic carbocycles. The van der Waals surface area contributed by atoms with Crippen molar-refractivity contribution < 1.29 is 9.59 Å². The van der Waals surface area contributed by atoms with E-state index in [1.165, 1.54) is 11.1 Å². The fraction of sp³-hybridized carbons (Fsp3) is 0.440. The predicted octanol–water partition coefficient (Wildman–Crippen LogP) is 4.91. The Balaban J connectivity index is 1.87. The molecular formula is C25H33N3O2. The number of rotatable bonds is 8. The van der Waals surface area contributed by atoms with E-state index in [2.05, 4.69) is 53.6 Å². The fourth-order valence-corrected chi connectivity index (χ4v) is 3.74. The molecule has 1 atom stereocenters. The maximum Gasteiger partial charge on any atom is 0.253 e. The van der Waals surface area contributed by atoms with Crippen molar-refractivity contribution in [2.45, 2.75) is 65.5 Å². The lowest BCUT2D eigenvalue weighted by Crippen LogP contribution is -2.35. The largest absolute Gasteiger partial charge is 0.366 e. The minimum Gasteiger partial charge on any atom is -0.366 e. The van der Waals surface area contributed by atoms with Gasteiger partial charge >= 0.3 is 0 Å². The van der Waals surface area contributed by atoms with E-state index < -0.39 is 0 Å². The van der Waals surface area contributed by atoms with Gasteiger partial charge in [-0.1, -0.05) is 44.5 Å². The number of nitrogens with zero attached hydrogens (tertiary/aromatic N) is 1. The van der Waals surface area contributed by atoms with Crippen molar-refractivity contribution in [3.05, 3.63) is 59.2 Å². The quantitative estimate of drug-likeness (QED) is 0.654. The van der Waals surface area contributed by atoms with Gasteiger partial charge in [-0.05, 0) is 55.5 Å². The summed E-state index contributed by atoms with van der Waals surface area (Å²) in [5.74, 6) is -0.104. The van der Waals surface area contributed by atoms with E-state index in [1.807, 2.05) is 25.1 Å². The smallest absolute Gasteiger partial charge is 0.253 e. The molecule has 3 rings (SSSR count). The summed E-state index contributed by atoms with van der Waals surface area (Å²) < 4.78 is 0. The minimum atomic E-state index is -0.0946. The van der Waals surface area contributed by atoms with Gasteiger partial charge in [-0.15, -0.1) is 0 Å². The van der Waals surface area contributed by atoms with Gasteiger partial charge in [0.1, 0.15) is 0 Å². The molecule has 2 aromatic rings. The summed E-state index contributed by atoms with van der Waals surface area (Å²) >= 11 is 0. The number of amides is 2. The van der Waals surface area contributed by atoms with Crippen LogP contribution in [-0.2, 0) is 17.8 Å². The molecule has 2 N–H and O–H groups in total. The minimum absolute atomic E-state index is 0.00946. The Morgan fingerprint density at radius 3 is 2.60 bits per heavy atom. The fourth-order valence-electron chi connectivity index (χ4n) is 3.74. The lowest BCUT2D eigenvalue weighted by molar-refractivity contribution is -0.116. The van der Waals surface area contributed by atoms with E-state index in [1.54, 1.807) is 0 Å². The summed E-state index contributed by atoms with van der Waals surface area (Å²) in [5.41, 5.74) is 4.87. The van der Waals surface area contributed by atoms with Crippen molar-refractivity contribution in [2.24, 2.45) is 0 Å². The van der Waals surface area contributed by atoms with Gasteiger partial charge < -0.3 is 15.5 Å². The molecule has 2 amide bonds. The second-order valence-corrected chi connectivity index (χ2v) is 8.11. The van der Waals surface area contributed by atoms with Crippen molar-refractivity contribution in [1.82, 2.24) is 5.32 Å². The average Bonchev–Trinajstić information content (AvgIpc) is 2.77. The number of fused-ring (bicyclic) bond motifs is 1. The first-order chi connectivity index (χ1) is 14.5. The van der Waals surface area contributed by atoms with Crippen LogP contribution in [0.15, 0.2) is 42.5 Å². The Kier molecular flexibility index (Phi) is 7.50. The zero-order chi connectivity index (χ0) is 21.5. The molecule has 5 nitrogen and oxygen atoms in total. The number of hydrogen-bond donors (Lipinski definition) is 2. The number of carbonyl (C=O) groups excluding carboxylic acids is 2. The second-order valence-electron chi connectivity index (χ2n) is 8.11. The highest BCUT2D eigenvalue weighted by molar-refractivity contribution is 6.02. The molecule has 30 heavy (non-hydrogen) atoms. The first-order valence-corrected chi connectivity index (χ1v) is 11.1.